The van der Waals surface area contributed by atoms with Crippen LogP contribution in [0.5, 0.6) is 0 Å². The van der Waals surface area contributed by atoms with Crippen molar-refractivity contribution in [2.24, 2.45) is 5.92 Å². The van der Waals surface area contributed by atoms with E-state index < -0.39 is 0 Å². The van der Waals surface area contributed by atoms with Crippen LogP contribution in [0.1, 0.15) is 81.8 Å². The highest BCUT2D eigenvalue weighted by molar-refractivity contribution is 5.81. The SMILES string of the molecule is CC.CC.O=C1[C@@H](CCc2cncn2Cc2ccccc2)CCN1[C@@H]1CCCc2ccccc21. The van der Waals surface area contributed by atoms with E-state index in [0.29, 0.717) is 5.91 Å². The molecule has 182 valence electrons. The number of imidazole rings is 1. The van der Waals surface area contributed by atoms with Gasteiger partial charge in [0.2, 0.25) is 5.91 Å². The first kappa shape index (κ1) is 25.7. The molecule has 1 aliphatic carbocycles. The highest BCUT2D eigenvalue weighted by Crippen LogP contribution is 2.38. The number of likely N-dealkylation sites (tertiary alicyclic amines) is 1. The maximum Gasteiger partial charge on any atom is 0.226 e. The molecule has 5 rings (SSSR count). The van der Waals surface area contributed by atoms with Gasteiger partial charge in [-0.25, -0.2) is 4.98 Å². The summed E-state index contributed by atoms with van der Waals surface area (Å²) < 4.78 is 2.21. The molecule has 1 fully saturated rings. The van der Waals surface area contributed by atoms with Crippen LogP contribution in [0.2, 0.25) is 0 Å². The van der Waals surface area contributed by atoms with Gasteiger partial charge in [0.25, 0.3) is 0 Å². The Morgan fingerprint density at radius 2 is 1.68 bits per heavy atom. The van der Waals surface area contributed by atoms with Gasteiger partial charge < -0.3 is 9.47 Å². The molecule has 0 unspecified atom stereocenters. The zero-order valence-electron chi connectivity index (χ0n) is 21.4. The fourth-order valence-electron chi connectivity index (χ4n) is 5.19. The summed E-state index contributed by atoms with van der Waals surface area (Å²) in [5.74, 6) is 0.491. The van der Waals surface area contributed by atoms with E-state index in [0.717, 1.165) is 45.2 Å². The molecule has 0 bridgehead atoms. The van der Waals surface area contributed by atoms with Crippen LogP contribution < -0.4 is 0 Å². The van der Waals surface area contributed by atoms with Crippen molar-refractivity contribution in [3.8, 4) is 0 Å². The van der Waals surface area contributed by atoms with Gasteiger partial charge in [0.1, 0.15) is 0 Å². The van der Waals surface area contributed by atoms with Gasteiger partial charge in [-0.3, -0.25) is 4.79 Å². The van der Waals surface area contributed by atoms with Crippen LogP contribution in [0.25, 0.3) is 0 Å². The highest BCUT2D eigenvalue weighted by Gasteiger charge is 2.37. The fourth-order valence-corrected chi connectivity index (χ4v) is 5.19. The van der Waals surface area contributed by atoms with E-state index in [1.54, 1.807) is 0 Å². The number of hydrogen-bond donors (Lipinski definition) is 0. The van der Waals surface area contributed by atoms with E-state index in [1.165, 1.54) is 28.8 Å². The van der Waals surface area contributed by atoms with Gasteiger partial charge in [-0.15, -0.1) is 0 Å². The Kier molecular flexibility index (Phi) is 9.93. The molecule has 2 atom stereocenters. The molecule has 0 radical (unpaired) electrons. The molecule has 34 heavy (non-hydrogen) atoms. The summed E-state index contributed by atoms with van der Waals surface area (Å²) in [5.41, 5.74) is 5.29. The maximum atomic E-state index is 13.3. The number of fused-ring (bicyclic) bond motifs is 1. The topological polar surface area (TPSA) is 38.1 Å². The number of nitrogens with zero attached hydrogens (tertiary/aromatic N) is 3. The molecule has 1 amide bonds. The predicted molar refractivity (Wildman–Crippen MR) is 141 cm³/mol. The first-order valence-electron chi connectivity index (χ1n) is 13.2. The second kappa shape index (κ2) is 13.1. The molecule has 4 heteroatoms. The Labute approximate surface area is 206 Å². The third kappa shape index (κ3) is 5.97. The lowest BCUT2D eigenvalue weighted by molar-refractivity contribution is -0.133. The standard InChI is InChI=1S/C26H29N3O.2C2H6/c30-26-22(13-14-23-17-27-19-28(23)18-20-7-2-1-3-8-20)15-16-29(26)25-12-6-10-21-9-4-5-11-24(21)25;2*1-2/h1-5,7-9,11,17,19,22,25H,6,10,12-16,18H2;2*1-2H3/t22-,25+;;/m0../s1. The summed E-state index contributed by atoms with van der Waals surface area (Å²) in [6, 6.07) is 19.4. The molecular formula is C30H41N3O. The first-order valence-corrected chi connectivity index (χ1v) is 13.2. The monoisotopic (exact) mass is 459 g/mol. The number of rotatable bonds is 6. The van der Waals surface area contributed by atoms with Crippen molar-refractivity contribution in [3.05, 3.63) is 89.5 Å². The Hall–Kier alpha value is -2.88. The van der Waals surface area contributed by atoms with Crippen molar-refractivity contribution in [3.63, 3.8) is 0 Å². The molecule has 2 aliphatic rings. The minimum Gasteiger partial charge on any atom is -0.335 e. The summed E-state index contributed by atoms with van der Waals surface area (Å²) in [4.78, 5) is 19.8. The van der Waals surface area contributed by atoms with Gasteiger partial charge >= 0.3 is 0 Å². The van der Waals surface area contributed by atoms with Gasteiger partial charge in [-0.1, -0.05) is 82.3 Å². The lowest BCUT2D eigenvalue weighted by Gasteiger charge is -2.33. The van der Waals surface area contributed by atoms with Crippen molar-refractivity contribution in [1.29, 1.82) is 0 Å². The number of hydrogen-bond acceptors (Lipinski definition) is 2. The van der Waals surface area contributed by atoms with Crippen molar-refractivity contribution in [2.45, 2.75) is 78.8 Å². The predicted octanol–water partition coefficient (Wildman–Crippen LogP) is 6.84. The number of amides is 1. The second-order valence-electron chi connectivity index (χ2n) is 8.66. The zero-order valence-corrected chi connectivity index (χ0v) is 21.4. The minimum atomic E-state index is 0.138. The summed E-state index contributed by atoms with van der Waals surface area (Å²) in [6.07, 6.45) is 10.1. The van der Waals surface area contributed by atoms with Crippen LogP contribution in [-0.4, -0.2) is 26.9 Å². The van der Waals surface area contributed by atoms with E-state index in [4.69, 9.17) is 0 Å². The average Bonchev–Trinajstić information content (AvgIpc) is 3.51. The van der Waals surface area contributed by atoms with E-state index in [-0.39, 0.29) is 12.0 Å². The Morgan fingerprint density at radius 3 is 2.47 bits per heavy atom. The van der Waals surface area contributed by atoms with Crippen LogP contribution in [0.3, 0.4) is 0 Å². The van der Waals surface area contributed by atoms with Gasteiger partial charge in [-0.05, 0) is 55.2 Å². The van der Waals surface area contributed by atoms with Crippen LogP contribution in [-0.2, 0) is 24.2 Å². The third-order valence-corrected chi connectivity index (χ3v) is 6.81. The minimum absolute atomic E-state index is 0.138. The van der Waals surface area contributed by atoms with E-state index >= 15 is 0 Å². The highest BCUT2D eigenvalue weighted by atomic mass is 16.2. The van der Waals surface area contributed by atoms with Gasteiger partial charge in [0.05, 0.1) is 12.4 Å². The number of aryl methyl sites for hydroxylation is 2. The number of benzene rings is 2. The van der Waals surface area contributed by atoms with Gasteiger partial charge in [0, 0.05) is 30.9 Å². The van der Waals surface area contributed by atoms with Crippen LogP contribution >= 0.6 is 0 Å². The number of aromatic nitrogens is 2. The number of carbonyl (C=O) groups is 1. The Bertz CT molecular complexity index is 1010. The number of carbonyl (C=O) groups excluding carboxylic acids is 1. The quantitative estimate of drug-likeness (QED) is 0.405. The van der Waals surface area contributed by atoms with Crippen LogP contribution in [0.4, 0.5) is 0 Å². The summed E-state index contributed by atoms with van der Waals surface area (Å²) in [7, 11) is 0. The summed E-state index contributed by atoms with van der Waals surface area (Å²) >= 11 is 0. The molecular weight excluding hydrogens is 418 g/mol. The van der Waals surface area contributed by atoms with Crippen molar-refractivity contribution in [2.75, 3.05) is 6.54 Å². The van der Waals surface area contributed by atoms with Crippen LogP contribution in [0, 0.1) is 5.92 Å². The van der Waals surface area contributed by atoms with E-state index in [9.17, 15) is 4.79 Å². The molecule has 1 saturated heterocycles. The first-order chi connectivity index (χ1) is 16.8. The lowest BCUT2D eigenvalue weighted by Crippen LogP contribution is -2.34. The average molecular weight is 460 g/mol. The second-order valence-corrected chi connectivity index (χ2v) is 8.66. The summed E-state index contributed by atoms with van der Waals surface area (Å²) in [6.45, 7) is 9.73. The van der Waals surface area contributed by atoms with Crippen molar-refractivity contribution in [1.82, 2.24) is 14.5 Å². The largest absolute Gasteiger partial charge is 0.335 e. The molecule has 0 N–H and O–H groups in total. The molecule has 3 aromatic rings. The van der Waals surface area contributed by atoms with Crippen LogP contribution in [0.15, 0.2) is 67.1 Å². The molecule has 0 saturated carbocycles. The molecule has 2 heterocycles. The van der Waals surface area contributed by atoms with E-state index in [2.05, 4.69) is 63.0 Å². The van der Waals surface area contributed by atoms with Crippen molar-refractivity contribution >= 4 is 5.91 Å². The molecule has 1 aliphatic heterocycles. The van der Waals surface area contributed by atoms with Crippen molar-refractivity contribution < 1.29 is 4.79 Å². The Balaban J connectivity index is 0.000000771. The van der Waals surface area contributed by atoms with Gasteiger partial charge in [0.15, 0.2) is 0 Å². The maximum absolute atomic E-state index is 13.3. The molecule has 1 aromatic heterocycles. The molecule has 4 nitrogen and oxygen atoms in total. The Morgan fingerprint density at radius 1 is 0.941 bits per heavy atom. The zero-order chi connectivity index (χ0) is 24.3. The normalized spacial score (nSPS) is 18.9. The molecule has 0 spiro atoms. The summed E-state index contributed by atoms with van der Waals surface area (Å²) in [5, 5.41) is 0. The lowest BCUT2D eigenvalue weighted by atomic mass is 9.87. The van der Waals surface area contributed by atoms with E-state index in [1.807, 2.05) is 46.3 Å². The smallest absolute Gasteiger partial charge is 0.226 e. The third-order valence-electron chi connectivity index (χ3n) is 6.81. The molecule has 2 aromatic carbocycles. The van der Waals surface area contributed by atoms with Gasteiger partial charge in [-0.2, -0.15) is 0 Å². The fraction of sp³-hybridized carbons (Fsp3) is 0.467.